The van der Waals surface area contributed by atoms with Gasteiger partial charge in [0.2, 0.25) is 0 Å². The standard InChI is InChI=1S/C21H25N3O2/c1-23(15-20(25)18-6-4-3-5-7-18)14-17-8-10-19(11-9-17)26-16-21-22-12-13-24(21)2/h3-13,20,25H,14-16H2,1-2H3. The Kier molecular flexibility index (Phi) is 6.04. The van der Waals surface area contributed by atoms with Crippen molar-refractivity contribution < 1.29 is 9.84 Å². The van der Waals surface area contributed by atoms with Gasteiger partial charge in [-0.05, 0) is 30.3 Å². The van der Waals surface area contributed by atoms with E-state index in [0.29, 0.717) is 13.2 Å². The summed E-state index contributed by atoms with van der Waals surface area (Å²) in [5.74, 6) is 1.72. The van der Waals surface area contributed by atoms with Crippen molar-refractivity contribution in [1.82, 2.24) is 14.5 Å². The van der Waals surface area contributed by atoms with Crippen LogP contribution in [0.2, 0.25) is 0 Å². The van der Waals surface area contributed by atoms with E-state index in [1.807, 2.05) is 67.3 Å². The van der Waals surface area contributed by atoms with E-state index in [0.717, 1.165) is 23.7 Å². The highest BCUT2D eigenvalue weighted by Crippen LogP contribution is 2.17. The molecule has 3 aromatic rings. The van der Waals surface area contributed by atoms with E-state index < -0.39 is 6.10 Å². The molecule has 0 aliphatic heterocycles. The minimum atomic E-state index is -0.485. The SMILES string of the molecule is CN(Cc1ccc(OCc2nccn2C)cc1)CC(O)c1ccccc1. The van der Waals surface area contributed by atoms with Crippen LogP contribution in [0, 0.1) is 0 Å². The quantitative estimate of drug-likeness (QED) is 0.677. The number of aliphatic hydroxyl groups excluding tert-OH is 1. The van der Waals surface area contributed by atoms with Gasteiger partial charge in [-0.15, -0.1) is 0 Å². The lowest BCUT2D eigenvalue weighted by Crippen LogP contribution is -2.24. The van der Waals surface area contributed by atoms with Gasteiger partial charge in [-0.2, -0.15) is 0 Å². The van der Waals surface area contributed by atoms with Gasteiger partial charge < -0.3 is 14.4 Å². The number of likely N-dealkylation sites (N-methyl/N-ethyl adjacent to an activating group) is 1. The summed E-state index contributed by atoms with van der Waals surface area (Å²) in [6.45, 7) is 1.80. The molecule has 1 unspecified atom stereocenters. The molecule has 0 radical (unpaired) electrons. The Morgan fingerprint density at radius 3 is 2.50 bits per heavy atom. The molecule has 1 heterocycles. The zero-order chi connectivity index (χ0) is 18.4. The second kappa shape index (κ2) is 8.65. The van der Waals surface area contributed by atoms with Crippen molar-refractivity contribution in [2.24, 2.45) is 7.05 Å². The Hall–Kier alpha value is -2.63. The van der Waals surface area contributed by atoms with Crippen LogP contribution in [-0.4, -0.2) is 33.1 Å². The summed E-state index contributed by atoms with van der Waals surface area (Å²) in [4.78, 5) is 6.36. The van der Waals surface area contributed by atoms with Gasteiger partial charge in [0, 0.05) is 32.5 Å². The molecule has 136 valence electrons. The van der Waals surface area contributed by atoms with Crippen LogP contribution in [0.1, 0.15) is 23.1 Å². The largest absolute Gasteiger partial charge is 0.486 e. The maximum absolute atomic E-state index is 10.3. The molecule has 0 saturated carbocycles. The molecule has 0 amide bonds. The van der Waals surface area contributed by atoms with Gasteiger partial charge in [-0.25, -0.2) is 4.98 Å². The molecular formula is C21H25N3O2. The first-order chi connectivity index (χ1) is 12.6. The van der Waals surface area contributed by atoms with Gasteiger partial charge in [0.1, 0.15) is 18.2 Å². The molecule has 5 nitrogen and oxygen atoms in total. The third-order valence-corrected chi connectivity index (χ3v) is 4.33. The number of rotatable bonds is 8. The van der Waals surface area contributed by atoms with Crippen molar-refractivity contribution in [1.29, 1.82) is 0 Å². The highest BCUT2D eigenvalue weighted by atomic mass is 16.5. The highest BCUT2D eigenvalue weighted by Gasteiger charge is 2.10. The Balaban J connectivity index is 1.49. The highest BCUT2D eigenvalue weighted by molar-refractivity contribution is 5.27. The average Bonchev–Trinajstić information content (AvgIpc) is 3.06. The Morgan fingerprint density at radius 2 is 1.85 bits per heavy atom. The normalized spacial score (nSPS) is 12.3. The molecule has 1 atom stereocenters. The van der Waals surface area contributed by atoms with Crippen molar-refractivity contribution in [3.63, 3.8) is 0 Å². The van der Waals surface area contributed by atoms with Crippen LogP contribution in [0.15, 0.2) is 67.0 Å². The topological polar surface area (TPSA) is 50.5 Å². The summed E-state index contributed by atoms with van der Waals surface area (Å²) >= 11 is 0. The number of imidazole rings is 1. The number of aliphatic hydroxyl groups is 1. The number of hydrogen-bond acceptors (Lipinski definition) is 4. The monoisotopic (exact) mass is 351 g/mol. The molecule has 0 spiro atoms. The van der Waals surface area contributed by atoms with Crippen LogP contribution in [-0.2, 0) is 20.2 Å². The lowest BCUT2D eigenvalue weighted by molar-refractivity contribution is 0.124. The first kappa shape index (κ1) is 18.2. The zero-order valence-corrected chi connectivity index (χ0v) is 15.2. The van der Waals surface area contributed by atoms with Gasteiger partial charge in [0.15, 0.2) is 0 Å². The average molecular weight is 351 g/mol. The van der Waals surface area contributed by atoms with Gasteiger partial charge in [-0.3, -0.25) is 4.90 Å². The molecule has 0 aliphatic carbocycles. The molecule has 3 rings (SSSR count). The number of hydrogen-bond donors (Lipinski definition) is 1. The molecule has 0 fully saturated rings. The second-order valence-corrected chi connectivity index (χ2v) is 6.51. The van der Waals surface area contributed by atoms with Crippen LogP contribution in [0.3, 0.4) is 0 Å². The Labute approximate surface area is 154 Å². The third kappa shape index (κ3) is 4.94. The molecule has 26 heavy (non-hydrogen) atoms. The minimum Gasteiger partial charge on any atom is -0.486 e. The number of aromatic nitrogens is 2. The zero-order valence-electron chi connectivity index (χ0n) is 15.2. The summed E-state index contributed by atoms with van der Waals surface area (Å²) in [7, 11) is 3.96. The molecule has 1 aromatic heterocycles. The van der Waals surface area contributed by atoms with Gasteiger partial charge in [0.25, 0.3) is 0 Å². The van der Waals surface area contributed by atoms with E-state index in [1.54, 1.807) is 6.20 Å². The fourth-order valence-corrected chi connectivity index (χ4v) is 2.83. The van der Waals surface area contributed by atoms with Gasteiger partial charge >= 0.3 is 0 Å². The van der Waals surface area contributed by atoms with Crippen LogP contribution in [0.5, 0.6) is 5.75 Å². The minimum absolute atomic E-state index is 0.450. The maximum atomic E-state index is 10.3. The number of ether oxygens (including phenoxy) is 1. The lowest BCUT2D eigenvalue weighted by Gasteiger charge is -2.21. The smallest absolute Gasteiger partial charge is 0.146 e. The van der Waals surface area contributed by atoms with Crippen LogP contribution >= 0.6 is 0 Å². The van der Waals surface area contributed by atoms with E-state index in [2.05, 4.69) is 22.0 Å². The van der Waals surface area contributed by atoms with Crippen LogP contribution in [0.25, 0.3) is 0 Å². The molecule has 0 saturated heterocycles. The second-order valence-electron chi connectivity index (χ2n) is 6.51. The fourth-order valence-electron chi connectivity index (χ4n) is 2.83. The lowest BCUT2D eigenvalue weighted by atomic mass is 10.1. The molecule has 5 heteroatoms. The van der Waals surface area contributed by atoms with E-state index in [4.69, 9.17) is 4.74 Å². The Bertz CT molecular complexity index is 800. The predicted octanol–water partition coefficient (Wildman–Crippen LogP) is 3.16. The van der Waals surface area contributed by atoms with E-state index in [9.17, 15) is 5.11 Å². The maximum Gasteiger partial charge on any atom is 0.146 e. The summed E-state index contributed by atoms with van der Waals surface area (Å²) in [6, 6.07) is 17.8. The fraction of sp³-hybridized carbons (Fsp3) is 0.286. The van der Waals surface area contributed by atoms with Crippen LogP contribution < -0.4 is 4.74 Å². The van der Waals surface area contributed by atoms with Crippen molar-refractivity contribution in [3.8, 4) is 5.75 Å². The summed E-state index contributed by atoms with van der Waals surface area (Å²) < 4.78 is 7.72. The molecule has 1 N–H and O–H groups in total. The summed E-state index contributed by atoms with van der Waals surface area (Å²) in [6.07, 6.45) is 3.18. The van der Waals surface area contributed by atoms with E-state index in [-0.39, 0.29) is 0 Å². The molecule has 0 aliphatic rings. The van der Waals surface area contributed by atoms with E-state index >= 15 is 0 Å². The molecular weight excluding hydrogens is 326 g/mol. The first-order valence-corrected chi connectivity index (χ1v) is 8.71. The van der Waals surface area contributed by atoms with Crippen LogP contribution in [0.4, 0.5) is 0 Å². The number of benzene rings is 2. The molecule has 0 bridgehead atoms. The van der Waals surface area contributed by atoms with E-state index in [1.165, 1.54) is 5.56 Å². The van der Waals surface area contributed by atoms with Gasteiger partial charge in [0.05, 0.1) is 6.10 Å². The summed E-state index contributed by atoms with van der Waals surface area (Å²) in [5.41, 5.74) is 2.12. The summed E-state index contributed by atoms with van der Waals surface area (Å²) in [5, 5.41) is 10.3. The Morgan fingerprint density at radius 1 is 1.12 bits per heavy atom. The number of nitrogens with zero attached hydrogens (tertiary/aromatic N) is 3. The van der Waals surface area contributed by atoms with Crippen molar-refractivity contribution >= 4 is 0 Å². The van der Waals surface area contributed by atoms with Crippen molar-refractivity contribution in [2.45, 2.75) is 19.3 Å². The predicted molar refractivity (Wildman–Crippen MR) is 102 cm³/mol. The van der Waals surface area contributed by atoms with Crippen molar-refractivity contribution in [2.75, 3.05) is 13.6 Å². The third-order valence-electron chi connectivity index (χ3n) is 4.33. The number of aryl methyl sites for hydroxylation is 1. The van der Waals surface area contributed by atoms with Crippen molar-refractivity contribution in [3.05, 3.63) is 83.9 Å². The molecule has 2 aromatic carbocycles. The first-order valence-electron chi connectivity index (χ1n) is 8.71. The van der Waals surface area contributed by atoms with Gasteiger partial charge in [-0.1, -0.05) is 42.5 Å².